The number of benzene rings is 2. The van der Waals surface area contributed by atoms with Crippen LogP contribution in [0.4, 0.5) is 0 Å². The van der Waals surface area contributed by atoms with E-state index in [4.69, 9.17) is 4.74 Å². The summed E-state index contributed by atoms with van der Waals surface area (Å²) in [5.74, 6) is -0.313. The van der Waals surface area contributed by atoms with E-state index in [0.29, 0.717) is 12.3 Å². The van der Waals surface area contributed by atoms with Crippen molar-refractivity contribution in [2.75, 3.05) is 6.61 Å². The molecule has 0 aliphatic heterocycles. The second kappa shape index (κ2) is 5.44. The molecule has 1 N–H and O–H groups in total. The first-order valence-electron chi connectivity index (χ1n) is 7.06. The molecule has 0 spiro atoms. The van der Waals surface area contributed by atoms with Gasteiger partial charge in [0.1, 0.15) is 5.69 Å². The Labute approximate surface area is 123 Å². The Bertz CT molecular complexity index is 788. The van der Waals surface area contributed by atoms with Gasteiger partial charge in [-0.2, -0.15) is 0 Å². The number of rotatable bonds is 3. The number of hydrogen-bond donors (Lipinski definition) is 1. The second-order valence-corrected chi connectivity index (χ2v) is 4.96. The molecule has 0 aliphatic rings. The Hall–Kier alpha value is -2.55. The van der Waals surface area contributed by atoms with Gasteiger partial charge in [0.05, 0.1) is 6.61 Å². The van der Waals surface area contributed by atoms with Crippen LogP contribution in [0, 0.1) is 6.92 Å². The van der Waals surface area contributed by atoms with Crippen LogP contribution in [0.3, 0.4) is 0 Å². The van der Waals surface area contributed by atoms with Crippen molar-refractivity contribution < 1.29 is 9.53 Å². The van der Waals surface area contributed by atoms with Crippen molar-refractivity contribution in [3.05, 3.63) is 59.8 Å². The average molecular weight is 279 g/mol. The molecule has 0 bridgehead atoms. The fourth-order valence-electron chi connectivity index (χ4n) is 2.63. The molecule has 3 aromatic rings. The average Bonchev–Trinajstić information content (AvgIpc) is 2.89. The molecule has 0 fully saturated rings. The molecule has 106 valence electrons. The van der Waals surface area contributed by atoms with E-state index < -0.39 is 0 Å². The highest BCUT2D eigenvalue weighted by Crippen LogP contribution is 2.34. The van der Waals surface area contributed by atoms with Gasteiger partial charge in [-0.15, -0.1) is 0 Å². The fourth-order valence-corrected chi connectivity index (χ4v) is 2.63. The van der Waals surface area contributed by atoms with Crippen LogP contribution in [0.1, 0.15) is 23.0 Å². The van der Waals surface area contributed by atoms with Gasteiger partial charge in [-0.1, -0.05) is 48.5 Å². The third-order valence-corrected chi connectivity index (χ3v) is 3.58. The van der Waals surface area contributed by atoms with Crippen molar-refractivity contribution in [1.29, 1.82) is 0 Å². The van der Waals surface area contributed by atoms with Gasteiger partial charge in [0.15, 0.2) is 0 Å². The van der Waals surface area contributed by atoms with Gasteiger partial charge in [0.25, 0.3) is 0 Å². The van der Waals surface area contributed by atoms with Gasteiger partial charge >= 0.3 is 5.97 Å². The molecule has 3 nitrogen and oxygen atoms in total. The summed E-state index contributed by atoms with van der Waals surface area (Å²) in [5, 5.41) is 1.05. The molecule has 0 amide bonds. The number of hydrogen-bond acceptors (Lipinski definition) is 2. The first-order valence-corrected chi connectivity index (χ1v) is 7.06. The predicted octanol–water partition coefficient (Wildman–Crippen LogP) is 4.32. The molecule has 0 saturated heterocycles. The van der Waals surface area contributed by atoms with Gasteiger partial charge in [-0.3, -0.25) is 0 Å². The van der Waals surface area contributed by atoms with Gasteiger partial charge in [0, 0.05) is 16.5 Å². The van der Waals surface area contributed by atoms with E-state index in [1.165, 1.54) is 0 Å². The van der Waals surface area contributed by atoms with Gasteiger partial charge in [-0.25, -0.2) is 4.79 Å². The van der Waals surface area contributed by atoms with Crippen molar-refractivity contribution in [2.24, 2.45) is 0 Å². The molecular formula is C18H17NO2. The number of carbonyl (C=O) groups is 1. The number of nitrogens with one attached hydrogen (secondary N) is 1. The van der Waals surface area contributed by atoms with Crippen LogP contribution in [-0.4, -0.2) is 17.6 Å². The number of esters is 1. The van der Waals surface area contributed by atoms with Crippen molar-refractivity contribution in [2.45, 2.75) is 13.8 Å². The fraction of sp³-hybridized carbons (Fsp3) is 0.167. The first-order chi connectivity index (χ1) is 10.2. The molecule has 0 saturated carbocycles. The summed E-state index contributed by atoms with van der Waals surface area (Å²) in [7, 11) is 0. The van der Waals surface area contributed by atoms with Crippen LogP contribution in [0.25, 0.3) is 22.0 Å². The maximum Gasteiger partial charge on any atom is 0.355 e. The number of fused-ring (bicyclic) bond motifs is 1. The van der Waals surface area contributed by atoms with Crippen LogP contribution >= 0.6 is 0 Å². The molecule has 1 aromatic heterocycles. The molecule has 0 atom stereocenters. The molecule has 3 rings (SSSR count). The minimum Gasteiger partial charge on any atom is -0.461 e. The third kappa shape index (κ3) is 2.31. The number of aromatic amines is 1. The molecule has 3 heteroatoms. The zero-order valence-electron chi connectivity index (χ0n) is 12.1. The van der Waals surface area contributed by atoms with Gasteiger partial charge < -0.3 is 9.72 Å². The first kappa shape index (κ1) is 13.4. The minimum absolute atomic E-state index is 0.313. The lowest BCUT2D eigenvalue weighted by molar-refractivity contribution is 0.0521. The summed E-state index contributed by atoms with van der Waals surface area (Å²) in [4.78, 5) is 15.5. The van der Waals surface area contributed by atoms with Crippen LogP contribution in [-0.2, 0) is 4.74 Å². The van der Waals surface area contributed by atoms with E-state index in [1.54, 1.807) is 0 Å². The predicted molar refractivity (Wildman–Crippen MR) is 84.4 cm³/mol. The lowest BCUT2D eigenvalue weighted by Gasteiger charge is -2.04. The van der Waals surface area contributed by atoms with E-state index in [0.717, 1.165) is 27.6 Å². The van der Waals surface area contributed by atoms with Crippen LogP contribution < -0.4 is 0 Å². The molecular weight excluding hydrogens is 262 g/mol. The topological polar surface area (TPSA) is 42.1 Å². The Morgan fingerprint density at radius 2 is 1.86 bits per heavy atom. The van der Waals surface area contributed by atoms with E-state index in [2.05, 4.69) is 4.98 Å². The van der Waals surface area contributed by atoms with Gasteiger partial charge in [0.2, 0.25) is 0 Å². The highest BCUT2D eigenvalue weighted by Gasteiger charge is 2.20. The molecule has 0 aliphatic carbocycles. The largest absolute Gasteiger partial charge is 0.461 e. The van der Waals surface area contributed by atoms with Crippen LogP contribution in [0.15, 0.2) is 48.5 Å². The molecule has 0 radical (unpaired) electrons. The summed E-state index contributed by atoms with van der Waals surface area (Å²) >= 11 is 0. The highest BCUT2D eigenvalue weighted by molar-refractivity contribution is 6.08. The van der Waals surface area contributed by atoms with E-state index >= 15 is 0 Å². The highest BCUT2D eigenvalue weighted by atomic mass is 16.5. The monoisotopic (exact) mass is 279 g/mol. The second-order valence-electron chi connectivity index (χ2n) is 4.96. The van der Waals surface area contributed by atoms with Crippen molar-refractivity contribution in [1.82, 2.24) is 4.98 Å². The number of aromatic nitrogens is 1. The van der Waals surface area contributed by atoms with Crippen molar-refractivity contribution in [3.8, 4) is 11.1 Å². The molecule has 1 heterocycles. The molecule has 21 heavy (non-hydrogen) atoms. The van der Waals surface area contributed by atoms with Crippen LogP contribution in [0.5, 0.6) is 0 Å². The maximum absolute atomic E-state index is 12.3. The Kier molecular flexibility index (Phi) is 3.48. The Morgan fingerprint density at radius 3 is 2.57 bits per heavy atom. The van der Waals surface area contributed by atoms with Crippen molar-refractivity contribution in [3.63, 3.8) is 0 Å². The van der Waals surface area contributed by atoms with Gasteiger partial charge in [-0.05, 0) is 25.0 Å². The summed E-state index contributed by atoms with van der Waals surface area (Å²) < 4.78 is 5.19. The third-order valence-electron chi connectivity index (χ3n) is 3.58. The van der Waals surface area contributed by atoms with E-state index in [-0.39, 0.29) is 5.97 Å². The maximum atomic E-state index is 12.3. The number of aryl methyl sites for hydroxylation is 1. The summed E-state index contributed by atoms with van der Waals surface area (Å²) in [5.41, 5.74) is 4.54. The minimum atomic E-state index is -0.313. The Balaban J connectivity index is 2.31. The normalized spacial score (nSPS) is 10.8. The number of carbonyl (C=O) groups excluding carboxylic acids is 1. The Morgan fingerprint density at radius 1 is 1.10 bits per heavy atom. The number of para-hydroxylation sites is 1. The molecule has 2 aromatic carbocycles. The summed E-state index contributed by atoms with van der Waals surface area (Å²) in [6, 6.07) is 16.0. The van der Waals surface area contributed by atoms with E-state index in [9.17, 15) is 4.79 Å². The lowest BCUT2D eigenvalue weighted by Crippen LogP contribution is -2.06. The smallest absolute Gasteiger partial charge is 0.355 e. The summed E-state index contributed by atoms with van der Waals surface area (Å²) in [6.07, 6.45) is 0. The standard InChI is InChI=1S/C18H17NO2/c1-3-21-18(20)17-15(13-9-5-4-6-10-13)14-11-7-8-12(2)16(14)19-17/h4-11,19H,3H2,1-2H3. The summed E-state index contributed by atoms with van der Waals surface area (Å²) in [6.45, 7) is 4.21. The van der Waals surface area contributed by atoms with Crippen molar-refractivity contribution >= 4 is 16.9 Å². The van der Waals surface area contributed by atoms with E-state index in [1.807, 2.05) is 62.4 Å². The SMILES string of the molecule is CCOC(=O)c1[nH]c2c(C)cccc2c1-c1ccccc1. The number of ether oxygens (including phenoxy) is 1. The molecule has 0 unspecified atom stereocenters. The quantitative estimate of drug-likeness (QED) is 0.725. The van der Waals surface area contributed by atoms with Crippen LogP contribution in [0.2, 0.25) is 0 Å². The number of H-pyrrole nitrogens is 1. The lowest BCUT2D eigenvalue weighted by atomic mass is 10.0. The zero-order valence-corrected chi connectivity index (χ0v) is 12.1. The zero-order chi connectivity index (χ0) is 14.8.